The van der Waals surface area contributed by atoms with Gasteiger partial charge in [0.1, 0.15) is 0 Å². The van der Waals surface area contributed by atoms with E-state index in [4.69, 9.17) is 5.26 Å². The van der Waals surface area contributed by atoms with E-state index in [1.54, 1.807) is 0 Å². The zero-order valence-electron chi connectivity index (χ0n) is 8.26. The van der Waals surface area contributed by atoms with Crippen molar-refractivity contribution in [1.29, 1.82) is 5.26 Å². The molecule has 2 aliphatic rings. The standard InChI is InChI=1S/C11H18N2/c12-7-3-4-8-13-9-11(10-13)5-1-2-6-11/h1-6,8-10H2. The van der Waals surface area contributed by atoms with E-state index in [1.165, 1.54) is 38.8 Å². The van der Waals surface area contributed by atoms with Gasteiger partial charge < -0.3 is 4.90 Å². The molecule has 0 aromatic rings. The Labute approximate surface area is 80.5 Å². The van der Waals surface area contributed by atoms with Crippen LogP contribution in [-0.2, 0) is 0 Å². The van der Waals surface area contributed by atoms with E-state index in [1.807, 2.05) is 0 Å². The van der Waals surface area contributed by atoms with Gasteiger partial charge in [-0.2, -0.15) is 5.26 Å². The second kappa shape index (κ2) is 3.67. The molecule has 1 saturated heterocycles. The van der Waals surface area contributed by atoms with Gasteiger partial charge in [0, 0.05) is 19.5 Å². The summed E-state index contributed by atoms with van der Waals surface area (Å²) in [5.74, 6) is 0. The summed E-state index contributed by atoms with van der Waals surface area (Å²) < 4.78 is 0. The van der Waals surface area contributed by atoms with E-state index >= 15 is 0 Å². The monoisotopic (exact) mass is 178 g/mol. The first-order valence-electron chi connectivity index (χ1n) is 5.44. The summed E-state index contributed by atoms with van der Waals surface area (Å²) in [6, 6.07) is 2.21. The van der Waals surface area contributed by atoms with Gasteiger partial charge in [0.15, 0.2) is 0 Å². The van der Waals surface area contributed by atoms with Gasteiger partial charge in [-0.3, -0.25) is 0 Å². The minimum atomic E-state index is 0.726. The van der Waals surface area contributed by atoms with Crippen molar-refractivity contribution in [1.82, 2.24) is 4.90 Å². The van der Waals surface area contributed by atoms with E-state index in [9.17, 15) is 0 Å². The zero-order chi connectivity index (χ0) is 9.15. The van der Waals surface area contributed by atoms with Crippen LogP contribution in [0.4, 0.5) is 0 Å². The van der Waals surface area contributed by atoms with Gasteiger partial charge in [-0.25, -0.2) is 0 Å². The molecule has 0 unspecified atom stereocenters. The van der Waals surface area contributed by atoms with Gasteiger partial charge in [-0.15, -0.1) is 0 Å². The van der Waals surface area contributed by atoms with E-state index in [0.29, 0.717) is 0 Å². The van der Waals surface area contributed by atoms with Crippen molar-refractivity contribution in [3.63, 3.8) is 0 Å². The van der Waals surface area contributed by atoms with Gasteiger partial charge in [-0.05, 0) is 31.2 Å². The lowest BCUT2D eigenvalue weighted by atomic mass is 9.78. The summed E-state index contributed by atoms with van der Waals surface area (Å²) >= 11 is 0. The molecule has 0 aromatic carbocycles. The van der Waals surface area contributed by atoms with Crippen LogP contribution in [0, 0.1) is 16.7 Å². The van der Waals surface area contributed by atoms with Crippen molar-refractivity contribution in [2.75, 3.05) is 19.6 Å². The number of nitrogens with zero attached hydrogens (tertiary/aromatic N) is 2. The molecule has 0 N–H and O–H groups in total. The summed E-state index contributed by atoms with van der Waals surface area (Å²) in [5, 5.41) is 8.41. The van der Waals surface area contributed by atoms with E-state index in [0.717, 1.165) is 24.8 Å². The Morgan fingerprint density at radius 1 is 1.23 bits per heavy atom. The third-order valence-corrected chi connectivity index (χ3v) is 3.55. The first kappa shape index (κ1) is 9.02. The van der Waals surface area contributed by atoms with E-state index < -0.39 is 0 Å². The van der Waals surface area contributed by atoms with Crippen LogP contribution in [0.5, 0.6) is 0 Å². The molecule has 0 aromatic heterocycles. The van der Waals surface area contributed by atoms with Crippen molar-refractivity contribution in [2.24, 2.45) is 5.41 Å². The highest BCUT2D eigenvalue weighted by Gasteiger charge is 2.43. The molecular weight excluding hydrogens is 160 g/mol. The molecule has 2 fully saturated rings. The summed E-state index contributed by atoms with van der Waals surface area (Å²) in [5.41, 5.74) is 0.729. The lowest BCUT2D eigenvalue weighted by molar-refractivity contribution is 0.00593. The Balaban J connectivity index is 1.64. The normalized spacial score (nSPS) is 25.8. The summed E-state index contributed by atoms with van der Waals surface area (Å²) in [4.78, 5) is 2.52. The minimum absolute atomic E-state index is 0.726. The van der Waals surface area contributed by atoms with E-state index in [-0.39, 0.29) is 0 Å². The molecule has 0 radical (unpaired) electrons. The maximum atomic E-state index is 8.41. The topological polar surface area (TPSA) is 27.0 Å². The largest absolute Gasteiger partial charge is 0.302 e. The fourth-order valence-electron chi connectivity index (χ4n) is 2.88. The minimum Gasteiger partial charge on any atom is -0.302 e. The third-order valence-electron chi connectivity index (χ3n) is 3.55. The molecule has 2 heteroatoms. The fraction of sp³-hybridized carbons (Fsp3) is 0.909. The molecule has 1 heterocycles. The molecule has 1 aliphatic heterocycles. The smallest absolute Gasteiger partial charge is 0.0622 e. The highest BCUT2D eigenvalue weighted by molar-refractivity contribution is 4.97. The summed E-state index contributed by atoms with van der Waals surface area (Å²) in [6.07, 6.45) is 7.61. The molecule has 2 rings (SSSR count). The highest BCUT2D eigenvalue weighted by Crippen LogP contribution is 2.45. The molecule has 0 amide bonds. The molecule has 72 valence electrons. The SMILES string of the molecule is N#CCCCN1CC2(CCCC2)C1. The van der Waals surface area contributed by atoms with Crippen molar-refractivity contribution in [3.8, 4) is 6.07 Å². The molecule has 1 saturated carbocycles. The van der Waals surface area contributed by atoms with Gasteiger partial charge in [0.25, 0.3) is 0 Å². The van der Waals surface area contributed by atoms with Crippen LogP contribution in [0.2, 0.25) is 0 Å². The number of likely N-dealkylation sites (tertiary alicyclic amines) is 1. The quantitative estimate of drug-likeness (QED) is 0.619. The molecule has 0 atom stereocenters. The van der Waals surface area contributed by atoms with Crippen LogP contribution in [0.25, 0.3) is 0 Å². The second-order valence-corrected chi connectivity index (χ2v) is 4.68. The summed E-state index contributed by atoms with van der Waals surface area (Å²) in [6.45, 7) is 3.78. The van der Waals surface area contributed by atoms with Crippen molar-refractivity contribution < 1.29 is 0 Å². The number of unbranched alkanes of at least 4 members (excludes halogenated alkanes) is 1. The molecule has 1 spiro atoms. The molecule has 0 bridgehead atoms. The van der Waals surface area contributed by atoms with Gasteiger partial charge in [-0.1, -0.05) is 12.8 Å². The number of hydrogen-bond acceptors (Lipinski definition) is 2. The number of hydrogen-bond donors (Lipinski definition) is 0. The van der Waals surface area contributed by atoms with Crippen LogP contribution < -0.4 is 0 Å². The third kappa shape index (κ3) is 1.86. The van der Waals surface area contributed by atoms with Crippen molar-refractivity contribution in [3.05, 3.63) is 0 Å². The first-order valence-corrected chi connectivity index (χ1v) is 5.44. The number of nitriles is 1. The summed E-state index contributed by atoms with van der Waals surface area (Å²) in [7, 11) is 0. The predicted octanol–water partition coefficient (Wildman–Crippen LogP) is 2.17. The lowest BCUT2D eigenvalue weighted by Gasteiger charge is -2.48. The van der Waals surface area contributed by atoms with Crippen LogP contribution in [0.15, 0.2) is 0 Å². The predicted molar refractivity (Wildman–Crippen MR) is 52.2 cm³/mol. The first-order chi connectivity index (χ1) is 6.35. The van der Waals surface area contributed by atoms with Crippen LogP contribution in [0.3, 0.4) is 0 Å². The average Bonchev–Trinajstić information content (AvgIpc) is 2.52. The van der Waals surface area contributed by atoms with Gasteiger partial charge in [0.05, 0.1) is 6.07 Å². The molecule has 13 heavy (non-hydrogen) atoms. The Bertz CT molecular complexity index is 203. The zero-order valence-corrected chi connectivity index (χ0v) is 8.26. The Hall–Kier alpha value is -0.550. The molecular formula is C11H18N2. The number of rotatable bonds is 3. The van der Waals surface area contributed by atoms with Gasteiger partial charge in [0.2, 0.25) is 0 Å². The highest BCUT2D eigenvalue weighted by atomic mass is 15.2. The maximum Gasteiger partial charge on any atom is 0.0622 e. The Morgan fingerprint density at radius 3 is 2.54 bits per heavy atom. The van der Waals surface area contributed by atoms with Crippen LogP contribution in [-0.4, -0.2) is 24.5 Å². The van der Waals surface area contributed by atoms with Gasteiger partial charge >= 0.3 is 0 Å². The van der Waals surface area contributed by atoms with Crippen LogP contribution in [0.1, 0.15) is 38.5 Å². The van der Waals surface area contributed by atoms with E-state index in [2.05, 4.69) is 11.0 Å². The average molecular weight is 178 g/mol. The van der Waals surface area contributed by atoms with Crippen molar-refractivity contribution >= 4 is 0 Å². The Kier molecular flexibility index (Phi) is 2.55. The second-order valence-electron chi connectivity index (χ2n) is 4.68. The Morgan fingerprint density at radius 2 is 1.92 bits per heavy atom. The van der Waals surface area contributed by atoms with Crippen LogP contribution >= 0.6 is 0 Å². The molecule has 2 nitrogen and oxygen atoms in total. The lowest BCUT2D eigenvalue weighted by Crippen LogP contribution is -2.54. The maximum absolute atomic E-state index is 8.41. The fourth-order valence-corrected chi connectivity index (χ4v) is 2.88. The molecule has 1 aliphatic carbocycles. The van der Waals surface area contributed by atoms with Crippen molar-refractivity contribution in [2.45, 2.75) is 38.5 Å².